The number of nitrogens with zero attached hydrogens (tertiary/aromatic N) is 1. The highest BCUT2D eigenvalue weighted by Gasteiger charge is 2.09. The van der Waals surface area contributed by atoms with Gasteiger partial charge < -0.3 is 14.5 Å². The molecule has 1 N–H and O–H groups in total. The van der Waals surface area contributed by atoms with Crippen LogP contribution in [-0.4, -0.2) is 23.8 Å². The van der Waals surface area contributed by atoms with Crippen LogP contribution in [0.3, 0.4) is 0 Å². The molecule has 0 amide bonds. The van der Waals surface area contributed by atoms with Gasteiger partial charge >= 0.3 is 0 Å². The van der Waals surface area contributed by atoms with Gasteiger partial charge in [-0.3, -0.25) is 4.57 Å². The van der Waals surface area contributed by atoms with Crippen molar-refractivity contribution in [1.29, 1.82) is 0 Å². The first-order valence-corrected chi connectivity index (χ1v) is 7.64. The zero-order valence-corrected chi connectivity index (χ0v) is 14.1. The number of ether oxygens (including phenoxy) is 2. The zero-order valence-electron chi connectivity index (χ0n) is 13.3. The Morgan fingerprint density at radius 3 is 2.48 bits per heavy atom. The van der Waals surface area contributed by atoms with E-state index in [-0.39, 0.29) is 0 Å². The Labute approximate surface area is 140 Å². The second-order valence-electron chi connectivity index (χ2n) is 5.25. The van der Waals surface area contributed by atoms with Gasteiger partial charge in [-0.2, -0.15) is 0 Å². The second kappa shape index (κ2) is 6.30. The van der Waals surface area contributed by atoms with E-state index in [2.05, 4.69) is 24.0 Å². The fraction of sp³-hybridized carbons (Fsp3) is 0.167. The Morgan fingerprint density at radius 1 is 1.00 bits per heavy atom. The summed E-state index contributed by atoms with van der Waals surface area (Å²) in [5.74, 6) is 1.39. The summed E-state index contributed by atoms with van der Waals surface area (Å²) < 4.78 is 13.3. The predicted octanol–water partition coefficient (Wildman–Crippen LogP) is 4.53. The lowest BCUT2D eigenvalue weighted by Gasteiger charge is -2.08. The van der Waals surface area contributed by atoms with E-state index in [0.717, 1.165) is 16.9 Å². The van der Waals surface area contributed by atoms with Crippen molar-refractivity contribution in [2.75, 3.05) is 14.2 Å². The molecular formula is C18H18N2O2S. The van der Waals surface area contributed by atoms with E-state index in [1.165, 1.54) is 5.56 Å². The number of hydrogen-bond donors (Lipinski definition) is 1. The van der Waals surface area contributed by atoms with Crippen LogP contribution in [-0.2, 0) is 0 Å². The highest BCUT2D eigenvalue weighted by molar-refractivity contribution is 7.71. The van der Waals surface area contributed by atoms with Gasteiger partial charge in [-0.05, 0) is 55.0 Å². The molecule has 0 atom stereocenters. The third-order valence-electron chi connectivity index (χ3n) is 3.69. The Balaban J connectivity index is 2.06. The molecular weight excluding hydrogens is 308 g/mol. The maximum atomic E-state index is 5.46. The Bertz CT molecular complexity index is 896. The lowest BCUT2D eigenvalue weighted by Crippen LogP contribution is -1.92. The fourth-order valence-electron chi connectivity index (χ4n) is 2.52. The number of methoxy groups -OCH3 is 2. The zero-order chi connectivity index (χ0) is 16.4. The third-order valence-corrected chi connectivity index (χ3v) is 3.99. The van der Waals surface area contributed by atoms with Gasteiger partial charge in [0.1, 0.15) is 0 Å². The van der Waals surface area contributed by atoms with E-state index in [0.29, 0.717) is 16.3 Å². The van der Waals surface area contributed by atoms with Crippen LogP contribution in [0.2, 0.25) is 0 Å². The largest absolute Gasteiger partial charge is 0.493 e. The number of imidazole rings is 1. The minimum Gasteiger partial charge on any atom is -0.493 e. The summed E-state index contributed by atoms with van der Waals surface area (Å²) in [5, 5.41) is 0. The van der Waals surface area contributed by atoms with Gasteiger partial charge in [-0.25, -0.2) is 0 Å². The average molecular weight is 326 g/mol. The van der Waals surface area contributed by atoms with Gasteiger partial charge in [-0.15, -0.1) is 0 Å². The smallest absolute Gasteiger partial charge is 0.182 e. The molecule has 0 radical (unpaired) electrons. The Morgan fingerprint density at radius 2 is 1.78 bits per heavy atom. The molecule has 2 aromatic carbocycles. The maximum absolute atomic E-state index is 5.46. The summed E-state index contributed by atoms with van der Waals surface area (Å²) >= 11 is 5.46. The highest BCUT2D eigenvalue weighted by Crippen LogP contribution is 2.32. The maximum Gasteiger partial charge on any atom is 0.182 e. The van der Waals surface area contributed by atoms with Crippen LogP contribution in [0, 0.1) is 11.7 Å². The van der Waals surface area contributed by atoms with E-state index in [1.807, 2.05) is 41.1 Å². The van der Waals surface area contributed by atoms with Crippen LogP contribution in [0.15, 0.2) is 48.7 Å². The molecule has 3 aromatic rings. The first-order valence-electron chi connectivity index (χ1n) is 7.23. The molecule has 1 aromatic heterocycles. The molecule has 0 saturated carbocycles. The van der Waals surface area contributed by atoms with Crippen LogP contribution < -0.4 is 9.47 Å². The Hall–Kier alpha value is -2.53. The lowest BCUT2D eigenvalue weighted by atomic mass is 10.1. The summed E-state index contributed by atoms with van der Waals surface area (Å²) in [6, 6.07) is 14.0. The molecule has 23 heavy (non-hydrogen) atoms. The molecule has 0 spiro atoms. The Kier molecular flexibility index (Phi) is 4.21. The molecule has 0 aliphatic heterocycles. The van der Waals surface area contributed by atoms with Gasteiger partial charge in [0, 0.05) is 17.4 Å². The van der Waals surface area contributed by atoms with Gasteiger partial charge in [-0.1, -0.05) is 12.1 Å². The number of rotatable bonds is 4. The first-order chi connectivity index (χ1) is 11.1. The van der Waals surface area contributed by atoms with E-state index in [4.69, 9.17) is 21.7 Å². The van der Waals surface area contributed by atoms with Gasteiger partial charge in [0.25, 0.3) is 0 Å². The molecule has 0 bridgehead atoms. The van der Waals surface area contributed by atoms with Crippen molar-refractivity contribution in [3.8, 4) is 28.4 Å². The number of aromatic amines is 1. The van der Waals surface area contributed by atoms with Crippen molar-refractivity contribution in [2.45, 2.75) is 6.92 Å². The summed E-state index contributed by atoms with van der Waals surface area (Å²) in [4.78, 5) is 3.25. The monoisotopic (exact) mass is 326 g/mol. The quantitative estimate of drug-likeness (QED) is 0.716. The number of aromatic nitrogens is 2. The number of H-pyrrole nitrogens is 1. The third kappa shape index (κ3) is 3.00. The number of nitrogens with one attached hydrogen (secondary N) is 1. The van der Waals surface area contributed by atoms with Crippen molar-refractivity contribution < 1.29 is 9.47 Å². The van der Waals surface area contributed by atoms with E-state index >= 15 is 0 Å². The molecule has 5 heteroatoms. The predicted molar refractivity (Wildman–Crippen MR) is 94.2 cm³/mol. The molecule has 118 valence electrons. The minimum atomic E-state index is 0.653. The van der Waals surface area contributed by atoms with Crippen molar-refractivity contribution in [3.63, 3.8) is 0 Å². The summed E-state index contributed by atoms with van der Waals surface area (Å²) in [6.07, 6.45) is 2.00. The standard InChI is InChI=1S/C18H18N2O2S/c1-12-5-4-6-14(9-12)20-11-15(19-18(20)23)13-7-8-16(21-2)17(10-13)22-3/h4-11H,1-3H3,(H,19,23). The van der Waals surface area contributed by atoms with E-state index in [9.17, 15) is 0 Å². The van der Waals surface area contributed by atoms with Gasteiger partial charge in [0.15, 0.2) is 16.3 Å². The summed E-state index contributed by atoms with van der Waals surface area (Å²) in [6.45, 7) is 2.06. The highest BCUT2D eigenvalue weighted by atomic mass is 32.1. The molecule has 0 fully saturated rings. The molecule has 0 aliphatic carbocycles. The topological polar surface area (TPSA) is 39.2 Å². The molecule has 0 aliphatic rings. The normalized spacial score (nSPS) is 10.6. The average Bonchev–Trinajstić information content (AvgIpc) is 2.96. The van der Waals surface area contributed by atoms with E-state index < -0.39 is 0 Å². The summed E-state index contributed by atoms with van der Waals surface area (Å²) in [5.41, 5.74) is 4.15. The van der Waals surface area contributed by atoms with Crippen molar-refractivity contribution in [1.82, 2.24) is 9.55 Å². The number of aryl methyl sites for hydroxylation is 1. The van der Waals surface area contributed by atoms with Crippen molar-refractivity contribution in [3.05, 3.63) is 59.0 Å². The minimum absolute atomic E-state index is 0.653. The van der Waals surface area contributed by atoms with Crippen LogP contribution in [0.1, 0.15) is 5.56 Å². The number of hydrogen-bond acceptors (Lipinski definition) is 3. The second-order valence-corrected chi connectivity index (χ2v) is 5.64. The summed E-state index contributed by atoms with van der Waals surface area (Å²) in [7, 11) is 3.25. The van der Waals surface area contributed by atoms with Crippen LogP contribution in [0.25, 0.3) is 16.9 Å². The van der Waals surface area contributed by atoms with Gasteiger partial charge in [0.05, 0.1) is 19.9 Å². The lowest BCUT2D eigenvalue weighted by molar-refractivity contribution is 0.355. The fourth-order valence-corrected chi connectivity index (χ4v) is 2.78. The molecule has 1 heterocycles. The molecule has 3 rings (SSSR count). The molecule has 0 unspecified atom stereocenters. The number of benzene rings is 2. The van der Waals surface area contributed by atoms with Crippen LogP contribution >= 0.6 is 12.2 Å². The first kappa shape index (κ1) is 15.4. The van der Waals surface area contributed by atoms with Gasteiger partial charge in [0.2, 0.25) is 0 Å². The van der Waals surface area contributed by atoms with Crippen molar-refractivity contribution >= 4 is 12.2 Å². The molecule has 0 saturated heterocycles. The SMILES string of the molecule is COc1ccc(-c2cn(-c3cccc(C)c3)c(=S)[nH]2)cc1OC. The van der Waals surface area contributed by atoms with Crippen LogP contribution in [0.5, 0.6) is 11.5 Å². The van der Waals surface area contributed by atoms with Crippen LogP contribution in [0.4, 0.5) is 0 Å². The van der Waals surface area contributed by atoms with Crippen molar-refractivity contribution in [2.24, 2.45) is 0 Å². The molecule has 4 nitrogen and oxygen atoms in total. The van der Waals surface area contributed by atoms with E-state index in [1.54, 1.807) is 14.2 Å².